The van der Waals surface area contributed by atoms with Crippen LogP contribution in [0.5, 0.6) is 5.75 Å². The number of hydrogen-bond donors (Lipinski definition) is 2. The van der Waals surface area contributed by atoms with E-state index in [1.54, 1.807) is 42.5 Å². The van der Waals surface area contributed by atoms with Crippen LogP contribution < -0.4 is 15.4 Å². The molecular formula is C21H18FN3O3. The van der Waals surface area contributed by atoms with Crippen LogP contribution in [0.25, 0.3) is 0 Å². The van der Waals surface area contributed by atoms with Gasteiger partial charge in [-0.3, -0.25) is 14.6 Å². The van der Waals surface area contributed by atoms with Gasteiger partial charge in [0.15, 0.2) is 0 Å². The predicted octanol–water partition coefficient (Wildman–Crippen LogP) is 3.41. The summed E-state index contributed by atoms with van der Waals surface area (Å²) in [5, 5.41) is 5.34. The van der Waals surface area contributed by atoms with Crippen LogP contribution in [0.4, 0.5) is 10.1 Å². The number of nitrogens with zero attached hydrogens (tertiary/aromatic N) is 1. The Morgan fingerprint density at radius 2 is 1.68 bits per heavy atom. The zero-order chi connectivity index (χ0) is 19.9. The average Bonchev–Trinajstić information content (AvgIpc) is 2.73. The Morgan fingerprint density at radius 1 is 1.00 bits per heavy atom. The molecule has 2 N–H and O–H groups in total. The molecule has 2 aromatic carbocycles. The van der Waals surface area contributed by atoms with Gasteiger partial charge in [0.25, 0.3) is 11.8 Å². The Bertz CT molecular complexity index is 1010. The molecule has 0 aliphatic heterocycles. The SMILES string of the molecule is COc1ccccc1NC(=O)c1cncc(C(=O)NCc2ccccc2F)c1. The number of amides is 2. The van der Waals surface area contributed by atoms with Crippen LogP contribution in [0.2, 0.25) is 0 Å². The lowest BCUT2D eigenvalue weighted by molar-refractivity contribution is 0.0950. The molecule has 0 aliphatic rings. The number of benzene rings is 2. The molecule has 0 unspecified atom stereocenters. The molecule has 0 fully saturated rings. The Balaban J connectivity index is 1.70. The van der Waals surface area contributed by atoms with E-state index in [0.717, 1.165) is 0 Å². The first-order valence-electron chi connectivity index (χ1n) is 8.49. The van der Waals surface area contributed by atoms with Crippen molar-refractivity contribution in [2.75, 3.05) is 12.4 Å². The minimum absolute atomic E-state index is 0.0309. The quantitative estimate of drug-likeness (QED) is 0.688. The maximum Gasteiger partial charge on any atom is 0.257 e. The standard InChI is InChI=1S/C21H18FN3O3/c1-28-19-9-5-4-8-18(19)25-21(27)16-10-15(11-23-12-16)20(26)24-13-14-6-2-3-7-17(14)22/h2-12H,13H2,1H3,(H,24,26)(H,25,27). The van der Waals surface area contributed by atoms with Gasteiger partial charge in [-0.25, -0.2) is 4.39 Å². The largest absolute Gasteiger partial charge is 0.495 e. The van der Waals surface area contributed by atoms with Crippen molar-refractivity contribution in [1.82, 2.24) is 10.3 Å². The van der Waals surface area contributed by atoms with E-state index in [2.05, 4.69) is 15.6 Å². The maximum atomic E-state index is 13.7. The lowest BCUT2D eigenvalue weighted by Crippen LogP contribution is -2.24. The predicted molar refractivity (Wildman–Crippen MR) is 103 cm³/mol. The van der Waals surface area contributed by atoms with Crippen molar-refractivity contribution in [1.29, 1.82) is 0 Å². The number of rotatable bonds is 6. The molecule has 0 saturated carbocycles. The van der Waals surface area contributed by atoms with Crippen molar-refractivity contribution in [3.05, 3.63) is 89.5 Å². The Kier molecular flexibility index (Phi) is 5.96. The molecule has 0 aliphatic carbocycles. The average molecular weight is 379 g/mol. The van der Waals surface area contributed by atoms with Crippen LogP contribution in [0.1, 0.15) is 26.3 Å². The number of ether oxygens (including phenoxy) is 1. The number of carbonyl (C=O) groups is 2. The molecule has 28 heavy (non-hydrogen) atoms. The van der Waals surface area contributed by atoms with Gasteiger partial charge in [0.2, 0.25) is 0 Å². The van der Waals surface area contributed by atoms with E-state index in [0.29, 0.717) is 17.0 Å². The minimum Gasteiger partial charge on any atom is -0.495 e. The van der Waals surface area contributed by atoms with E-state index >= 15 is 0 Å². The smallest absolute Gasteiger partial charge is 0.257 e. The molecular weight excluding hydrogens is 361 g/mol. The second-order valence-electron chi connectivity index (χ2n) is 5.89. The van der Waals surface area contributed by atoms with E-state index in [9.17, 15) is 14.0 Å². The highest BCUT2D eigenvalue weighted by Crippen LogP contribution is 2.23. The molecule has 3 rings (SSSR count). The number of aromatic nitrogens is 1. The van der Waals surface area contributed by atoms with Crippen LogP contribution in [-0.4, -0.2) is 23.9 Å². The van der Waals surface area contributed by atoms with Crippen molar-refractivity contribution in [3.63, 3.8) is 0 Å². The monoisotopic (exact) mass is 379 g/mol. The highest BCUT2D eigenvalue weighted by Gasteiger charge is 2.13. The fourth-order valence-corrected chi connectivity index (χ4v) is 2.55. The van der Waals surface area contributed by atoms with Crippen LogP contribution >= 0.6 is 0 Å². The van der Waals surface area contributed by atoms with Crippen molar-refractivity contribution in [3.8, 4) is 5.75 Å². The van der Waals surface area contributed by atoms with Gasteiger partial charge in [-0.15, -0.1) is 0 Å². The van der Waals surface area contributed by atoms with Gasteiger partial charge in [-0.2, -0.15) is 0 Å². The highest BCUT2D eigenvalue weighted by atomic mass is 19.1. The zero-order valence-electron chi connectivity index (χ0n) is 15.1. The number of hydrogen-bond acceptors (Lipinski definition) is 4. The number of methoxy groups -OCH3 is 1. The summed E-state index contributed by atoms with van der Waals surface area (Å²) in [6.07, 6.45) is 2.70. The summed E-state index contributed by atoms with van der Waals surface area (Å²) in [5.74, 6) is -0.767. The summed E-state index contributed by atoms with van der Waals surface area (Å²) in [4.78, 5) is 28.8. The van der Waals surface area contributed by atoms with Gasteiger partial charge in [0, 0.05) is 24.5 Å². The Hall–Kier alpha value is -3.74. The molecule has 0 saturated heterocycles. The number of pyridine rings is 1. The summed E-state index contributed by atoms with van der Waals surface area (Å²) in [6, 6.07) is 14.6. The van der Waals surface area contributed by atoms with Crippen LogP contribution in [0, 0.1) is 5.82 Å². The van der Waals surface area contributed by atoms with Gasteiger partial charge in [0.05, 0.1) is 23.9 Å². The maximum absolute atomic E-state index is 13.7. The summed E-state index contributed by atoms with van der Waals surface area (Å²) in [5.41, 5.74) is 1.28. The molecule has 2 amide bonds. The van der Waals surface area contributed by atoms with Gasteiger partial charge in [0.1, 0.15) is 11.6 Å². The van der Waals surface area contributed by atoms with Crippen molar-refractivity contribution in [2.24, 2.45) is 0 Å². The molecule has 1 heterocycles. The lowest BCUT2D eigenvalue weighted by Gasteiger charge is -2.10. The van der Waals surface area contributed by atoms with Crippen molar-refractivity contribution < 1.29 is 18.7 Å². The second-order valence-corrected chi connectivity index (χ2v) is 5.89. The third-order valence-corrected chi connectivity index (χ3v) is 4.02. The van der Waals surface area contributed by atoms with E-state index < -0.39 is 17.6 Å². The van der Waals surface area contributed by atoms with Gasteiger partial charge in [-0.05, 0) is 24.3 Å². The molecule has 0 bridgehead atoms. The number of para-hydroxylation sites is 2. The molecule has 7 heteroatoms. The molecule has 142 valence electrons. The summed E-state index contributed by atoms with van der Waals surface area (Å²) in [6.45, 7) is 0.0309. The topological polar surface area (TPSA) is 80.3 Å². The number of halogens is 1. The van der Waals surface area contributed by atoms with Crippen LogP contribution in [-0.2, 0) is 6.54 Å². The normalized spacial score (nSPS) is 10.2. The number of nitrogens with one attached hydrogen (secondary N) is 2. The molecule has 0 atom stereocenters. The fourth-order valence-electron chi connectivity index (χ4n) is 2.55. The molecule has 0 spiro atoms. The first-order chi connectivity index (χ1) is 13.6. The Morgan fingerprint density at radius 3 is 2.43 bits per heavy atom. The van der Waals surface area contributed by atoms with E-state index in [4.69, 9.17) is 4.74 Å². The summed E-state index contributed by atoms with van der Waals surface area (Å²) >= 11 is 0. The fraction of sp³-hybridized carbons (Fsp3) is 0.0952. The number of carbonyl (C=O) groups excluding carboxylic acids is 2. The van der Waals surface area contributed by atoms with Gasteiger partial charge >= 0.3 is 0 Å². The summed E-state index contributed by atoms with van der Waals surface area (Å²) in [7, 11) is 1.51. The molecule has 3 aromatic rings. The minimum atomic E-state index is -0.456. The lowest BCUT2D eigenvalue weighted by atomic mass is 10.1. The van der Waals surface area contributed by atoms with E-state index in [-0.39, 0.29) is 17.7 Å². The zero-order valence-corrected chi connectivity index (χ0v) is 15.1. The van der Waals surface area contributed by atoms with Crippen LogP contribution in [0.3, 0.4) is 0 Å². The van der Waals surface area contributed by atoms with Gasteiger partial charge in [-0.1, -0.05) is 30.3 Å². The third-order valence-electron chi connectivity index (χ3n) is 4.02. The summed E-state index contributed by atoms with van der Waals surface area (Å²) < 4.78 is 18.9. The second kappa shape index (κ2) is 8.77. The van der Waals surface area contributed by atoms with Crippen LogP contribution in [0.15, 0.2) is 67.0 Å². The molecule has 0 radical (unpaired) electrons. The number of anilines is 1. The van der Waals surface area contributed by atoms with E-state index in [1.165, 1.54) is 31.6 Å². The molecule has 1 aromatic heterocycles. The highest BCUT2D eigenvalue weighted by molar-refractivity contribution is 6.06. The van der Waals surface area contributed by atoms with Gasteiger partial charge < -0.3 is 15.4 Å². The first-order valence-corrected chi connectivity index (χ1v) is 8.49. The van der Waals surface area contributed by atoms with E-state index in [1.807, 2.05) is 0 Å². The molecule has 6 nitrogen and oxygen atoms in total. The third kappa shape index (κ3) is 4.50. The van der Waals surface area contributed by atoms with Crippen molar-refractivity contribution >= 4 is 17.5 Å². The Labute approximate surface area is 161 Å². The van der Waals surface area contributed by atoms with Crippen molar-refractivity contribution in [2.45, 2.75) is 6.54 Å². The first kappa shape index (κ1) is 19.0.